The molecule has 0 unspecified atom stereocenters. The second-order valence-electron chi connectivity index (χ2n) is 4.16. The summed E-state index contributed by atoms with van der Waals surface area (Å²) in [6.45, 7) is 5.70. The van der Waals surface area contributed by atoms with Crippen LogP contribution < -0.4 is 4.90 Å². The fourth-order valence-electron chi connectivity index (χ4n) is 2.12. The Kier molecular flexibility index (Phi) is 2.46. The predicted octanol–water partition coefficient (Wildman–Crippen LogP) is 1.95. The van der Waals surface area contributed by atoms with E-state index in [1.165, 1.54) is 11.3 Å². The van der Waals surface area contributed by atoms with Crippen LogP contribution in [-0.4, -0.2) is 17.7 Å². The van der Waals surface area contributed by atoms with Crippen molar-refractivity contribution in [2.24, 2.45) is 0 Å². The minimum atomic E-state index is 0.148. The Bertz CT molecular complexity index is 333. The number of aliphatic hydroxyl groups is 1. The molecule has 14 heavy (non-hydrogen) atoms. The zero-order chi connectivity index (χ0) is 10.1. The Morgan fingerprint density at radius 1 is 1.43 bits per heavy atom. The van der Waals surface area contributed by atoms with Crippen LogP contribution in [0.1, 0.15) is 25.0 Å². The van der Waals surface area contributed by atoms with E-state index in [9.17, 15) is 0 Å². The van der Waals surface area contributed by atoms with E-state index in [1.807, 2.05) is 6.07 Å². The summed E-state index contributed by atoms with van der Waals surface area (Å²) in [5.41, 5.74) is 3.75. The lowest BCUT2D eigenvalue weighted by Crippen LogP contribution is -2.28. The average molecular weight is 191 g/mol. The van der Waals surface area contributed by atoms with E-state index in [0.717, 1.165) is 18.5 Å². The van der Waals surface area contributed by atoms with Gasteiger partial charge in [0.1, 0.15) is 0 Å². The van der Waals surface area contributed by atoms with Crippen molar-refractivity contribution in [3.8, 4) is 0 Å². The molecule has 76 valence electrons. The van der Waals surface area contributed by atoms with Crippen molar-refractivity contribution in [1.29, 1.82) is 0 Å². The van der Waals surface area contributed by atoms with Crippen molar-refractivity contribution in [1.82, 2.24) is 0 Å². The second-order valence-corrected chi connectivity index (χ2v) is 4.16. The summed E-state index contributed by atoms with van der Waals surface area (Å²) in [6, 6.07) is 6.83. The zero-order valence-electron chi connectivity index (χ0n) is 8.83. The minimum absolute atomic E-state index is 0.148. The molecule has 1 aliphatic heterocycles. The van der Waals surface area contributed by atoms with E-state index in [-0.39, 0.29) is 6.61 Å². The average Bonchev–Trinajstić information content (AvgIpc) is 2.59. The summed E-state index contributed by atoms with van der Waals surface area (Å²) in [6.07, 6.45) is 1.11. The van der Waals surface area contributed by atoms with Gasteiger partial charge in [0.2, 0.25) is 0 Å². The van der Waals surface area contributed by atoms with Gasteiger partial charge in [0.05, 0.1) is 6.61 Å². The number of rotatable bonds is 2. The molecule has 2 nitrogen and oxygen atoms in total. The van der Waals surface area contributed by atoms with Crippen LogP contribution >= 0.6 is 0 Å². The highest BCUT2D eigenvalue weighted by Crippen LogP contribution is 2.30. The van der Waals surface area contributed by atoms with Crippen LogP contribution in [0.2, 0.25) is 0 Å². The molecule has 1 heterocycles. The Labute approximate surface area is 85.2 Å². The van der Waals surface area contributed by atoms with E-state index in [2.05, 4.69) is 30.9 Å². The van der Waals surface area contributed by atoms with Crippen LogP contribution in [0, 0.1) is 0 Å². The minimum Gasteiger partial charge on any atom is -0.392 e. The largest absolute Gasteiger partial charge is 0.392 e. The highest BCUT2D eigenvalue weighted by atomic mass is 16.3. The first-order valence-corrected chi connectivity index (χ1v) is 5.21. The molecule has 1 aromatic carbocycles. The van der Waals surface area contributed by atoms with Gasteiger partial charge in [-0.25, -0.2) is 0 Å². The van der Waals surface area contributed by atoms with Crippen molar-refractivity contribution >= 4 is 5.69 Å². The number of aliphatic hydroxyl groups excluding tert-OH is 1. The van der Waals surface area contributed by atoms with Crippen molar-refractivity contribution in [3.63, 3.8) is 0 Å². The van der Waals surface area contributed by atoms with Gasteiger partial charge in [-0.15, -0.1) is 0 Å². The van der Waals surface area contributed by atoms with E-state index >= 15 is 0 Å². The molecule has 0 amide bonds. The predicted molar refractivity (Wildman–Crippen MR) is 58.6 cm³/mol. The fourth-order valence-corrected chi connectivity index (χ4v) is 2.12. The van der Waals surface area contributed by atoms with Gasteiger partial charge in [-0.2, -0.15) is 0 Å². The summed E-state index contributed by atoms with van der Waals surface area (Å²) < 4.78 is 0. The monoisotopic (exact) mass is 191 g/mol. The van der Waals surface area contributed by atoms with Crippen LogP contribution in [0.15, 0.2) is 18.2 Å². The van der Waals surface area contributed by atoms with Crippen LogP contribution in [0.5, 0.6) is 0 Å². The van der Waals surface area contributed by atoms with Crippen LogP contribution in [0.25, 0.3) is 0 Å². The van der Waals surface area contributed by atoms with Gasteiger partial charge in [0.25, 0.3) is 0 Å². The lowest BCUT2D eigenvalue weighted by Gasteiger charge is -2.23. The van der Waals surface area contributed by atoms with Crippen molar-refractivity contribution in [2.75, 3.05) is 11.4 Å². The number of benzene rings is 1. The zero-order valence-corrected chi connectivity index (χ0v) is 8.83. The molecule has 0 aliphatic carbocycles. The van der Waals surface area contributed by atoms with Gasteiger partial charge in [0.15, 0.2) is 0 Å². The molecule has 0 aromatic heterocycles. The molecular weight excluding hydrogens is 174 g/mol. The number of hydrogen-bond donors (Lipinski definition) is 1. The summed E-state index contributed by atoms with van der Waals surface area (Å²) in [7, 11) is 0. The fraction of sp³-hybridized carbons (Fsp3) is 0.500. The SMILES string of the molecule is CC(C)N1CCc2cc(CO)ccc21. The smallest absolute Gasteiger partial charge is 0.0681 e. The summed E-state index contributed by atoms with van der Waals surface area (Å²) >= 11 is 0. The maximum Gasteiger partial charge on any atom is 0.0681 e. The van der Waals surface area contributed by atoms with E-state index in [1.54, 1.807) is 0 Å². The normalized spacial score (nSPS) is 15.0. The maximum absolute atomic E-state index is 9.03. The molecule has 0 atom stereocenters. The molecule has 0 radical (unpaired) electrons. The summed E-state index contributed by atoms with van der Waals surface area (Å²) in [4.78, 5) is 2.41. The van der Waals surface area contributed by atoms with Crippen LogP contribution in [0.3, 0.4) is 0 Å². The molecular formula is C12H17NO. The molecule has 2 heteroatoms. The third kappa shape index (κ3) is 1.50. The molecule has 0 saturated carbocycles. The molecule has 0 fully saturated rings. The Morgan fingerprint density at radius 3 is 2.86 bits per heavy atom. The van der Waals surface area contributed by atoms with Crippen LogP contribution in [-0.2, 0) is 13.0 Å². The highest BCUT2D eigenvalue weighted by Gasteiger charge is 2.20. The van der Waals surface area contributed by atoms with Gasteiger partial charge in [-0.05, 0) is 37.5 Å². The number of fused-ring (bicyclic) bond motifs is 1. The third-order valence-electron chi connectivity index (χ3n) is 2.88. The lowest BCUT2D eigenvalue weighted by molar-refractivity contribution is 0.282. The summed E-state index contributed by atoms with van der Waals surface area (Å²) in [5.74, 6) is 0. The van der Waals surface area contributed by atoms with E-state index < -0.39 is 0 Å². The van der Waals surface area contributed by atoms with Gasteiger partial charge in [-0.1, -0.05) is 12.1 Å². The van der Waals surface area contributed by atoms with E-state index in [0.29, 0.717) is 6.04 Å². The third-order valence-corrected chi connectivity index (χ3v) is 2.88. The quantitative estimate of drug-likeness (QED) is 0.772. The number of nitrogens with zero attached hydrogens (tertiary/aromatic N) is 1. The van der Waals surface area contributed by atoms with E-state index in [4.69, 9.17) is 5.11 Å². The van der Waals surface area contributed by atoms with Crippen molar-refractivity contribution in [2.45, 2.75) is 32.9 Å². The lowest BCUT2D eigenvalue weighted by atomic mass is 10.1. The van der Waals surface area contributed by atoms with Crippen LogP contribution in [0.4, 0.5) is 5.69 Å². The topological polar surface area (TPSA) is 23.5 Å². The molecule has 2 rings (SSSR count). The maximum atomic E-state index is 9.03. The first kappa shape index (κ1) is 9.53. The molecule has 0 bridgehead atoms. The Morgan fingerprint density at radius 2 is 2.21 bits per heavy atom. The van der Waals surface area contributed by atoms with Gasteiger partial charge in [-0.3, -0.25) is 0 Å². The Hall–Kier alpha value is -1.02. The first-order valence-electron chi connectivity index (χ1n) is 5.21. The van der Waals surface area contributed by atoms with Gasteiger partial charge in [0, 0.05) is 18.3 Å². The number of hydrogen-bond acceptors (Lipinski definition) is 2. The molecule has 1 N–H and O–H groups in total. The molecule has 1 aliphatic rings. The first-order chi connectivity index (χ1) is 6.72. The summed E-state index contributed by atoms with van der Waals surface area (Å²) in [5, 5.41) is 9.03. The van der Waals surface area contributed by atoms with Crippen molar-refractivity contribution < 1.29 is 5.11 Å². The number of anilines is 1. The molecule has 0 spiro atoms. The molecule has 1 aromatic rings. The van der Waals surface area contributed by atoms with Crippen molar-refractivity contribution in [3.05, 3.63) is 29.3 Å². The highest BCUT2D eigenvalue weighted by molar-refractivity contribution is 5.59. The Balaban J connectivity index is 2.33. The molecule has 0 saturated heterocycles. The van der Waals surface area contributed by atoms with Gasteiger partial charge >= 0.3 is 0 Å². The second kappa shape index (κ2) is 3.62. The van der Waals surface area contributed by atoms with Gasteiger partial charge < -0.3 is 10.0 Å². The standard InChI is InChI=1S/C12H17NO/c1-9(2)13-6-5-11-7-10(8-14)3-4-12(11)13/h3-4,7,9,14H,5-6,8H2,1-2H3.